The van der Waals surface area contributed by atoms with Crippen molar-refractivity contribution in [1.82, 2.24) is 4.90 Å². The van der Waals surface area contributed by atoms with Crippen LogP contribution in [0.3, 0.4) is 0 Å². The van der Waals surface area contributed by atoms with Crippen LogP contribution in [0.1, 0.15) is 24.8 Å². The topological polar surface area (TPSA) is 44.2 Å². The number of piperidine rings is 1. The molecule has 1 saturated heterocycles. The summed E-state index contributed by atoms with van der Waals surface area (Å²) in [6, 6.07) is 2.07. The zero-order chi connectivity index (χ0) is 10.7. The van der Waals surface area contributed by atoms with Crippen molar-refractivity contribution in [3.8, 4) is 0 Å². The van der Waals surface area contributed by atoms with Gasteiger partial charge in [0.1, 0.15) is 5.84 Å². The van der Waals surface area contributed by atoms with Gasteiger partial charge in [-0.15, -0.1) is 0 Å². The molecule has 1 aromatic rings. The molecule has 1 amide bonds. The molecule has 0 aliphatic carbocycles. The van der Waals surface area contributed by atoms with E-state index >= 15 is 0 Å². The van der Waals surface area contributed by atoms with Crippen LogP contribution in [0.25, 0.3) is 0 Å². The highest BCUT2D eigenvalue weighted by Crippen LogP contribution is 2.14. The number of nitrogens with one attached hydrogen (secondary N) is 1. The van der Waals surface area contributed by atoms with Gasteiger partial charge in [0.2, 0.25) is 5.91 Å². The normalized spacial score (nSPS) is 17.2. The largest absolute Gasteiger partial charge is 0.301 e. The summed E-state index contributed by atoms with van der Waals surface area (Å²) in [7, 11) is 0. The van der Waals surface area contributed by atoms with Crippen LogP contribution in [0.5, 0.6) is 0 Å². The fraction of sp³-hybridized carbons (Fsp3) is 0.455. The maximum Gasteiger partial charge on any atom is 0.227 e. The molecule has 2 rings (SSSR count). The van der Waals surface area contributed by atoms with E-state index in [1.54, 1.807) is 16.2 Å². The van der Waals surface area contributed by atoms with Crippen LogP contribution in [0.15, 0.2) is 16.8 Å². The van der Waals surface area contributed by atoms with Gasteiger partial charge < -0.3 is 4.90 Å². The first-order valence-corrected chi connectivity index (χ1v) is 6.10. The van der Waals surface area contributed by atoms with Gasteiger partial charge in [0, 0.05) is 19.4 Å². The lowest BCUT2D eigenvalue weighted by molar-refractivity contribution is -0.128. The van der Waals surface area contributed by atoms with Crippen molar-refractivity contribution in [2.45, 2.75) is 25.7 Å². The molecule has 1 aromatic heterocycles. The van der Waals surface area contributed by atoms with E-state index < -0.39 is 0 Å². The predicted molar refractivity (Wildman–Crippen MR) is 61.3 cm³/mol. The number of carbonyl (C=O) groups is 1. The third-order valence-electron chi connectivity index (χ3n) is 2.64. The Morgan fingerprint density at radius 1 is 1.47 bits per heavy atom. The molecule has 4 heteroatoms. The molecule has 1 aliphatic rings. The first kappa shape index (κ1) is 10.4. The van der Waals surface area contributed by atoms with Crippen molar-refractivity contribution in [3.05, 3.63) is 22.4 Å². The summed E-state index contributed by atoms with van der Waals surface area (Å²) in [5.41, 5.74) is 1.26. The van der Waals surface area contributed by atoms with E-state index in [1.807, 2.05) is 5.38 Å². The van der Waals surface area contributed by atoms with Gasteiger partial charge in [-0.2, -0.15) is 11.3 Å². The number of amidine groups is 1. The summed E-state index contributed by atoms with van der Waals surface area (Å²) in [5.74, 6) is 0.600. The predicted octanol–water partition coefficient (Wildman–Crippen LogP) is 2.28. The quantitative estimate of drug-likeness (QED) is 0.837. The number of carbonyl (C=O) groups excluding carboxylic acids is 1. The van der Waals surface area contributed by atoms with Crippen molar-refractivity contribution in [1.29, 1.82) is 5.41 Å². The summed E-state index contributed by atoms with van der Waals surface area (Å²) in [6.07, 6.45) is 3.05. The lowest BCUT2D eigenvalue weighted by atomic mass is 10.1. The van der Waals surface area contributed by atoms with Crippen LogP contribution in [-0.2, 0) is 11.2 Å². The van der Waals surface area contributed by atoms with Gasteiger partial charge in [0.15, 0.2) is 0 Å². The maximum absolute atomic E-state index is 11.6. The van der Waals surface area contributed by atoms with Crippen molar-refractivity contribution < 1.29 is 4.79 Å². The molecule has 80 valence electrons. The molecule has 0 unspecified atom stereocenters. The minimum absolute atomic E-state index is 0.112. The van der Waals surface area contributed by atoms with Crippen LogP contribution in [0.2, 0.25) is 0 Å². The molecule has 0 bridgehead atoms. The maximum atomic E-state index is 11.6. The van der Waals surface area contributed by atoms with E-state index in [-0.39, 0.29) is 5.91 Å². The van der Waals surface area contributed by atoms with Gasteiger partial charge in [-0.3, -0.25) is 10.2 Å². The Balaban J connectivity index is 1.92. The van der Waals surface area contributed by atoms with Crippen LogP contribution in [0.4, 0.5) is 0 Å². The van der Waals surface area contributed by atoms with Crippen LogP contribution in [0, 0.1) is 5.41 Å². The summed E-state index contributed by atoms with van der Waals surface area (Å²) in [5, 5.41) is 11.8. The lowest BCUT2D eigenvalue weighted by Gasteiger charge is -2.27. The number of rotatable bonds is 3. The van der Waals surface area contributed by atoms with E-state index in [9.17, 15) is 4.79 Å². The molecular formula is C11H14N2OS. The Morgan fingerprint density at radius 3 is 3.00 bits per heavy atom. The molecule has 0 saturated carbocycles. The number of amides is 1. The SMILES string of the molecule is N=C1CCCC(=O)N1CCc1ccsc1. The molecule has 1 aliphatic heterocycles. The number of hydrogen-bond acceptors (Lipinski definition) is 3. The van der Waals surface area contributed by atoms with Gasteiger partial charge in [-0.1, -0.05) is 0 Å². The van der Waals surface area contributed by atoms with E-state index in [0.29, 0.717) is 18.8 Å². The van der Waals surface area contributed by atoms with E-state index in [2.05, 4.69) is 11.4 Å². The number of hydrogen-bond donors (Lipinski definition) is 1. The first-order chi connectivity index (χ1) is 7.27. The molecule has 15 heavy (non-hydrogen) atoms. The third kappa shape index (κ3) is 2.45. The average Bonchev–Trinajstić information content (AvgIpc) is 2.70. The summed E-state index contributed by atoms with van der Waals surface area (Å²) in [4.78, 5) is 13.2. The van der Waals surface area contributed by atoms with Crippen molar-refractivity contribution in [2.75, 3.05) is 6.54 Å². The minimum Gasteiger partial charge on any atom is -0.301 e. The lowest BCUT2D eigenvalue weighted by Crippen LogP contribution is -2.40. The highest BCUT2D eigenvalue weighted by Gasteiger charge is 2.22. The molecular weight excluding hydrogens is 208 g/mol. The number of nitrogens with zero attached hydrogens (tertiary/aromatic N) is 1. The highest BCUT2D eigenvalue weighted by atomic mass is 32.1. The zero-order valence-corrected chi connectivity index (χ0v) is 9.35. The Bertz CT molecular complexity index is 343. The standard InChI is InChI=1S/C11H14N2OS/c12-10-2-1-3-11(14)13(10)6-4-9-5-7-15-8-9/h5,7-8,12H,1-4,6H2. The molecule has 3 nitrogen and oxygen atoms in total. The van der Waals surface area contributed by atoms with Crippen LogP contribution in [-0.4, -0.2) is 23.2 Å². The Kier molecular flexibility index (Phi) is 3.16. The average molecular weight is 222 g/mol. The van der Waals surface area contributed by atoms with Gasteiger partial charge >= 0.3 is 0 Å². The van der Waals surface area contributed by atoms with E-state index in [1.165, 1.54) is 5.56 Å². The fourth-order valence-electron chi connectivity index (χ4n) is 1.76. The van der Waals surface area contributed by atoms with Crippen molar-refractivity contribution >= 4 is 23.1 Å². The van der Waals surface area contributed by atoms with Gasteiger partial charge in [-0.05, 0) is 35.2 Å². The molecule has 0 spiro atoms. The van der Waals surface area contributed by atoms with Crippen LogP contribution >= 0.6 is 11.3 Å². The molecule has 0 radical (unpaired) electrons. The number of likely N-dealkylation sites (tertiary alicyclic amines) is 1. The monoisotopic (exact) mass is 222 g/mol. The first-order valence-electron chi connectivity index (χ1n) is 5.16. The fourth-order valence-corrected chi connectivity index (χ4v) is 2.47. The Morgan fingerprint density at radius 2 is 2.33 bits per heavy atom. The third-order valence-corrected chi connectivity index (χ3v) is 3.37. The minimum atomic E-state index is 0.112. The molecule has 0 aromatic carbocycles. The second kappa shape index (κ2) is 4.57. The van der Waals surface area contributed by atoms with Gasteiger partial charge in [-0.25, -0.2) is 0 Å². The number of thiophene rings is 1. The van der Waals surface area contributed by atoms with Gasteiger partial charge in [0.25, 0.3) is 0 Å². The van der Waals surface area contributed by atoms with E-state index in [0.717, 1.165) is 19.3 Å². The van der Waals surface area contributed by atoms with Crippen LogP contribution < -0.4 is 0 Å². The highest BCUT2D eigenvalue weighted by molar-refractivity contribution is 7.07. The Hall–Kier alpha value is -1.16. The second-order valence-electron chi connectivity index (χ2n) is 3.73. The Labute approximate surface area is 93.2 Å². The van der Waals surface area contributed by atoms with Gasteiger partial charge in [0.05, 0.1) is 0 Å². The molecule has 1 N–H and O–H groups in total. The second-order valence-corrected chi connectivity index (χ2v) is 4.51. The summed E-state index contributed by atoms with van der Waals surface area (Å²) < 4.78 is 0. The molecule has 1 fully saturated rings. The summed E-state index contributed by atoms with van der Waals surface area (Å²) in [6.45, 7) is 0.661. The van der Waals surface area contributed by atoms with E-state index in [4.69, 9.17) is 5.41 Å². The van der Waals surface area contributed by atoms with Crippen molar-refractivity contribution in [2.24, 2.45) is 0 Å². The zero-order valence-electron chi connectivity index (χ0n) is 8.53. The smallest absolute Gasteiger partial charge is 0.227 e. The molecule has 2 heterocycles. The summed E-state index contributed by atoms with van der Waals surface area (Å²) >= 11 is 1.67. The van der Waals surface area contributed by atoms with Crippen molar-refractivity contribution in [3.63, 3.8) is 0 Å². The molecule has 0 atom stereocenters.